The molecule has 1 aromatic heterocycles. The van der Waals surface area contributed by atoms with Crippen LogP contribution in [0.15, 0.2) is 23.2 Å². The van der Waals surface area contributed by atoms with E-state index >= 15 is 0 Å². The van der Waals surface area contributed by atoms with Crippen LogP contribution in [0.4, 0.5) is 0 Å². The third-order valence-corrected chi connectivity index (χ3v) is 4.73. The summed E-state index contributed by atoms with van der Waals surface area (Å²) >= 11 is 0. The third-order valence-electron chi connectivity index (χ3n) is 3.07. The number of hydrogen-bond acceptors (Lipinski definition) is 4. The van der Waals surface area contributed by atoms with Crippen LogP contribution < -0.4 is 10.5 Å². The topological polar surface area (TPSA) is 85.1 Å². The van der Waals surface area contributed by atoms with Crippen LogP contribution in [-0.4, -0.2) is 19.4 Å². The molecule has 1 aliphatic carbocycles. The fourth-order valence-corrected chi connectivity index (χ4v) is 3.51. The van der Waals surface area contributed by atoms with Crippen LogP contribution in [0.1, 0.15) is 31.9 Å². The van der Waals surface area contributed by atoms with Crippen molar-refractivity contribution in [1.82, 2.24) is 9.71 Å². The molecule has 1 heterocycles. The van der Waals surface area contributed by atoms with E-state index in [0.717, 1.165) is 6.42 Å². The van der Waals surface area contributed by atoms with Crippen LogP contribution in [0.5, 0.6) is 0 Å². The van der Waals surface area contributed by atoms with Gasteiger partial charge >= 0.3 is 0 Å². The van der Waals surface area contributed by atoms with E-state index in [9.17, 15) is 8.42 Å². The SMILES string of the molecule is CC(CC1CC1)NS(=O)(=O)c1cccnc1CN. The van der Waals surface area contributed by atoms with Crippen LogP contribution in [0, 0.1) is 5.92 Å². The van der Waals surface area contributed by atoms with Gasteiger partial charge < -0.3 is 5.73 Å². The first-order chi connectivity index (χ1) is 8.53. The number of nitrogens with zero attached hydrogens (tertiary/aromatic N) is 1. The second-order valence-electron chi connectivity index (χ2n) is 4.85. The maximum absolute atomic E-state index is 12.2. The zero-order valence-electron chi connectivity index (χ0n) is 10.5. The highest BCUT2D eigenvalue weighted by atomic mass is 32.2. The Bertz CT molecular complexity index is 512. The Morgan fingerprint density at radius 3 is 2.89 bits per heavy atom. The Kier molecular flexibility index (Phi) is 3.99. The molecule has 0 bridgehead atoms. The van der Waals surface area contributed by atoms with E-state index < -0.39 is 10.0 Å². The van der Waals surface area contributed by atoms with Crippen LogP contribution >= 0.6 is 0 Å². The Morgan fingerprint density at radius 2 is 2.28 bits per heavy atom. The van der Waals surface area contributed by atoms with E-state index in [0.29, 0.717) is 11.6 Å². The second kappa shape index (κ2) is 5.34. The predicted octanol–water partition coefficient (Wildman–Crippen LogP) is 1.01. The molecule has 0 aliphatic heterocycles. The molecule has 1 saturated carbocycles. The average molecular weight is 269 g/mol. The molecule has 1 atom stereocenters. The number of hydrogen-bond donors (Lipinski definition) is 2. The van der Waals surface area contributed by atoms with Gasteiger partial charge in [0.1, 0.15) is 4.90 Å². The van der Waals surface area contributed by atoms with Gasteiger partial charge in [-0.15, -0.1) is 0 Å². The molecule has 2 rings (SSSR count). The van der Waals surface area contributed by atoms with E-state index in [4.69, 9.17) is 5.73 Å². The molecule has 5 nitrogen and oxygen atoms in total. The lowest BCUT2D eigenvalue weighted by Gasteiger charge is -2.15. The first-order valence-electron chi connectivity index (χ1n) is 6.19. The molecule has 3 N–H and O–H groups in total. The van der Waals surface area contributed by atoms with Gasteiger partial charge in [0.15, 0.2) is 0 Å². The van der Waals surface area contributed by atoms with E-state index in [-0.39, 0.29) is 17.5 Å². The largest absolute Gasteiger partial charge is 0.325 e. The molecule has 1 unspecified atom stereocenters. The van der Waals surface area contributed by atoms with Gasteiger partial charge in [0.25, 0.3) is 0 Å². The predicted molar refractivity (Wildman–Crippen MR) is 69.3 cm³/mol. The molecule has 0 spiro atoms. The lowest BCUT2D eigenvalue weighted by Crippen LogP contribution is -2.33. The maximum Gasteiger partial charge on any atom is 0.242 e. The maximum atomic E-state index is 12.2. The number of nitrogens with one attached hydrogen (secondary N) is 1. The zero-order chi connectivity index (χ0) is 13.2. The molecule has 6 heteroatoms. The minimum absolute atomic E-state index is 0.0478. The van der Waals surface area contributed by atoms with Gasteiger partial charge in [-0.1, -0.05) is 12.8 Å². The molecule has 1 fully saturated rings. The smallest absolute Gasteiger partial charge is 0.242 e. The lowest BCUT2D eigenvalue weighted by molar-refractivity contribution is 0.529. The van der Waals surface area contributed by atoms with Crippen molar-refractivity contribution in [2.45, 2.75) is 43.7 Å². The summed E-state index contributed by atoms with van der Waals surface area (Å²) < 4.78 is 27.1. The Morgan fingerprint density at radius 1 is 1.56 bits per heavy atom. The van der Waals surface area contributed by atoms with Gasteiger partial charge in [0.05, 0.1) is 5.69 Å². The van der Waals surface area contributed by atoms with Crippen molar-refractivity contribution in [3.8, 4) is 0 Å². The number of rotatable bonds is 6. The number of aromatic nitrogens is 1. The first-order valence-corrected chi connectivity index (χ1v) is 7.67. The Balaban J connectivity index is 2.13. The molecule has 0 amide bonds. The average Bonchev–Trinajstić information content (AvgIpc) is 3.12. The van der Waals surface area contributed by atoms with Gasteiger partial charge in [-0.3, -0.25) is 4.98 Å². The summed E-state index contributed by atoms with van der Waals surface area (Å²) in [4.78, 5) is 4.19. The fraction of sp³-hybridized carbons (Fsp3) is 0.583. The summed E-state index contributed by atoms with van der Waals surface area (Å²) in [7, 11) is -3.51. The summed E-state index contributed by atoms with van der Waals surface area (Å²) in [5.41, 5.74) is 5.92. The molecule has 18 heavy (non-hydrogen) atoms. The third kappa shape index (κ3) is 3.28. The number of sulfonamides is 1. The fourth-order valence-electron chi connectivity index (χ4n) is 2.05. The molecule has 0 radical (unpaired) electrons. The van der Waals surface area contributed by atoms with Crippen LogP contribution in [-0.2, 0) is 16.6 Å². The minimum Gasteiger partial charge on any atom is -0.325 e. The highest BCUT2D eigenvalue weighted by Gasteiger charge is 2.27. The van der Waals surface area contributed by atoms with Crippen molar-refractivity contribution in [2.24, 2.45) is 11.7 Å². The van der Waals surface area contributed by atoms with Gasteiger partial charge in [-0.2, -0.15) is 0 Å². The molecular weight excluding hydrogens is 250 g/mol. The summed E-state index contributed by atoms with van der Waals surface area (Å²) in [6, 6.07) is 3.11. The van der Waals surface area contributed by atoms with E-state index in [1.807, 2.05) is 6.92 Å². The lowest BCUT2D eigenvalue weighted by atomic mass is 10.2. The van der Waals surface area contributed by atoms with Crippen LogP contribution in [0.3, 0.4) is 0 Å². The van der Waals surface area contributed by atoms with Crippen molar-refractivity contribution in [3.05, 3.63) is 24.0 Å². The highest BCUT2D eigenvalue weighted by Crippen LogP contribution is 2.33. The molecule has 1 aromatic rings. The molecule has 100 valence electrons. The van der Waals surface area contributed by atoms with E-state index in [1.54, 1.807) is 18.3 Å². The summed E-state index contributed by atoms with van der Waals surface area (Å²) in [6.07, 6.45) is 4.88. The van der Waals surface area contributed by atoms with Crippen LogP contribution in [0.25, 0.3) is 0 Å². The molecular formula is C12H19N3O2S. The van der Waals surface area contributed by atoms with Crippen molar-refractivity contribution in [1.29, 1.82) is 0 Å². The Labute approximate surface area is 108 Å². The monoisotopic (exact) mass is 269 g/mol. The van der Waals surface area contributed by atoms with Crippen molar-refractivity contribution in [2.75, 3.05) is 0 Å². The number of pyridine rings is 1. The number of nitrogens with two attached hydrogens (primary N) is 1. The van der Waals surface area contributed by atoms with Crippen molar-refractivity contribution >= 4 is 10.0 Å². The standard InChI is InChI=1S/C12H19N3O2S/c1-9(7-10-4-5-10)15-18(16,17)12-3-2-6-14-11(12)8-13/h2-3,6,9-10,15H,4-5,7-8,13H2,1H3. The molecule has 0 aromatic carbocycles. The van der Waals surface area contributed by atoms with Crippen LogP contribution in [0.2, 0.25) is 0 Å². The van der Waals surface area contributed by atoms with Crippen molar-refractivity contribution in [3.63, 3.8) is 0 Å². The summed E-state index contributed by atoms with van der Waals surface area (Å²) in [5.74, 6) is 0.686. The molecule has 1 aliphatic rings. The summed E-state index contributed by atoms with van der Waals surface area (Å²) in [6.45, 7) is 2.02. The van der Waals surface area contributed by atoms with E-state index in [1.165, 1.54) is 12.8 Å². The second-order valence-corrected chi connectivity index (χ2v) is 6.54. The Hall–Kier alpha value is -0.980. The highest BCUT2D eigenvalue weighted by molar-refractivity contribution is 7.89. The molecule has 0 saturated heterocycles. The zero-order valence-corrected chi connectivity index (χ0v) is 11.3. The van der Waals surface area contributed by atoms with Gasteiger partial charge in [-0.25, -0.2) is 13.1 Å². The first kappa shape index (κ1) is 13.5. The summed E-state index contributed by atoms with van der Waals surface area (Å²) in [5, 5.41) is 0. The van der Waals surface area contributed by atoms with Crippen molar-refractivity contribution < 1.29 is 8.42 Å². The van der Waals surface area contributed by atoms with E-state index in [2.05, 4.69) is 9.71 Å². The minimum atomic E-state index is -3.51. The van der Waals surface area contributed by atoms with Gasteiger partial charge in [0, 0.05) is 18.8 Å². The van der Waals surface area contributed by atoms with Gasteiger partial charge in [0.2, 0.25) is 10.0 Å². The normalized spacial score (nSPS) is 17.7. The van der Waals surface area contributed by atoms with Gasteiger partial charge in [-0.05, 0) is 31.4 Å². The quantitative estimate of drug-likeness (QED) is 0.807.